The van der Waals surface area contributed by atoms with Crippen molar-refractivity contribution in [3.05, 3.63) is 52.7 Å². The van der Waals surface area contributed by atoms with E-state index in [2.05, 4.69) is 20.0 Å². The number of pyridine rings is 1. The summed E-state index contributed by atoms with van der Waals surface area (Å²) in [6, 6.07) is 9.47. The Kier molecular flexibility index (Phi) is 5.02. The lowest BCUT2D eigenvalue weighted by Crippen LogP contribution is -2.23. The zero-order valence-electron chi connectivity index (χ0n) is 17.1. The van der Waals surface area contributed by atoms with Crippen molar-refractivity contribution in [3.63, 3.8) is 0 Å². The molecule has 0 saturated heterocycles. The molecular weight excluding hydrogens is 368 g/mol. The molecule has 4 rings (SSSR count). The monoisotopic (exact) mass is 392 g/mol. The number of aryl methyl sites for hydroxylation is 2. The molecule has 0 fully saturated rings. The molecule has 0 aliphatic heterocycles. The minimum Gasteiger partial charge on any atom is -0.497 e. The molecule has 0 spiro atoms. The molecule has 0 amide bonds. The third-order valence-corrected chi connectivity index (χ3v) is 4.88. The first-order chi connectivity index (χ1) is 14.0. The molecule has 29 heavy (non-hydrogen) atoms. The topological polar surface area (TPSA) is 77.5 Å². The molecule has 3 aromatic heterocycles. The van der Waals surface area contributed by atoms with Crippen LogP contribution in [-0.4, -0.2) is 56.8 Å². The van der Waals surface area contributed by atoms with Gasteiger partial charge in [-0.25, -0.2) is 4.98 Å². The van der Waals surface area contributed by atoms with Crippen LogP contribution in [0.2, 0.25) is 0 Å². The largest absolute Gasteiger partial charge is 0.497 e. The van der Waals surface area contributed by atoms with Crippen LogP contribution < -0.4 is 10.3 Å². The van der Waals surface area contributed by atoms with Crippen LogP contribution >= 0.6 is 0 Å². The highest BCUT2D eigenvalue weighted by Crippen LogP contribution is 2.27. The number of fused-ring (bicyclic) bond motifs is 2. The van der Waals surface area contributed by atoms with E-state index in [1.54, 1.807) is 16.2 Å². The number of benzene rings is 1. The molecule has 0 aliphatic rings. The van der Waals surface area contributed by atoms with E-state index in [4.69, 9.17) is 4.74 Å². The zero-order chi connectivity index (χ0) is 20.5. The van der Waals surface area contributed by atoms with Gasteiger partial charge in [0.05, 0.1) is 23.7 Å². The molecule has 1 aromatic carbocycles. The number of methoxy groups -OCH3 is 1. The van der Waals surface area contributed by atoms with E-state index in [0.717, 1.165) is 24.3 Å². The minimum atomic E-state index is -0.0744. The molecule has 3 heterocycles. The maximum absolute atomic E-state index is 13.4. The van der Waals surface area contributed by atoms with Gasteiger partial charge < -0.3 is 14.2 Å². The summed E-state index contributed by atoms with van der Waals surface area (Å²) < 4.78 is 8.68. The summed E-state index contributed by atoms with van der Waals surface area (Å²) in [4.78, 5) is 24.5. The van der Waals surface area contributed by atoms with E-state index in [1.165, 1.54) is 0 Å². The first kappa shape index (κ1) is 19.1. The van der Waals surface area contributed by atoms with Gasteiger partial charge in [0.15, 0.2) is 0 Å². The molecule has 0 unspecified atom stereocenters. The second kappa shape index (κ2) is 7.63. The van der Waals surface area contributed by atoms with Gasteiger partial charge in [-0.15, -0.1) is 5.10 Å². The molecule has 0 N–H and O–H groups in total. The van der Waals surface area contributed by atoms with Gasteiger partial charge in [-0.05, 0) is 64.3 Å². The van der Waals surface area contributed by atoms with Gasteiger partial charge in [0.1, 0.15) is 11.6 Å². The highest BCUT2D eigenvalue weighted by molar-refractivity contribution is 5.93. The summed E-state index contributed by atoms with van der Waals surface area (Å²) in [6.45, 7) is 3.37. The van der Waals surface area contributed by atoms with Crippen LogP contribution in [0, 0.1) is 6.92 Å². The molecule has 0 saturated carbocycles. The van der Waals surface area contributed by atoms with Gasteiger partial charge in [-0.1, -0.05) is 0 Å². The van der Waals surface area contributed by atoms with Crippen LogP contribution in [0.1, 0.15) is 12.2 Å². The number of rotatable bonds is 6. The van der Waals surface area contributed by atoms with Crippen LogP contribution in [0.25, 0.3) is 27.9 Å². The molecule has 150 valence electrons. The second-order valence-corrected chi connectivity index (χ2v) is 7.29. The standard InChI is InChI=1S/C21H24N6O2/c1-14-22-21-23-17-10-13-26(12-5-11-25(2)3)20(28)18(17)19(27(21)24-14)15-6-8-16(29-4)9-7-15/h6-10,13H,5,11-12H2,1-4H3. The van der Waals surface area contributed by atoms with E-state index < -0.39 is 0 Å². The summed E-state index contributed by atoms with van der Waals surface area (Å²) in [7, 11) is 5.68. The van der Waals surface area contributed by atoms with Crippen molar-refractivity contribution in [2.24, 2.45) is 0 Å². The Morgan fingerprint density at radius 3 is 2.55 bits per heavy atom. The molecule has 8 heteroatoms. The Morgan fingerprint density at radius 1 is 1.10 bits per heavy atom. The lowest BCUT2D eigenvalue weighted by molar-refractivity contribution is 0.385. The molecule has 0 radical (unpaired) electrons. The van der Waals surface area contributed by atoms with Crippen LogP contribution in [0.3, 0.4) is 0 Å². The summed E-state index contributed by atoms with van der Waals surface area (Å²) in [6.07, 6.45) is 2.69. The van der Waals surface area contributed by atoms with Gasteiger partial charge in [-0.2, -0.15) is 9.50 Å². The summed E-state index contributed by atoms with van der Waals surface area (Å²) in [5.74, 6) is 1.83. The predicted octanol–water partition coefficient (Wildman–Crippen LogP) is 2.37. The quantitative estimate of drug-likeness (QED) is 0.501. The summed E-state index contributed by atoms with van der Waals surface area (Å²) >= 11 is 0. The maximum atomic E-state index is 13.4. The van der Waals surface area contributed by atoms with Crippen molar-refractivity contribution in [1.29, 1.82) is 0 Å². The number of aromatic nitrogens is 5. The Labute approximate surface area is 168 Å². The molecule has 0 aliphatic carbocycles. The van der Waals surface area contributed by atoms with Gasteiger partial charge in [0.25, 0.3) is 11.3 Å². The van der Waals surface area contributed by atoms with Gasteiger partial charge >= 0.3 is 0 Å². The van der Waals surface area contributed by atoms with Crippen LogP contribution in [0.5, 0.6) is 5.75 Å². The fraction of sp³-hybridized carbons (Fsp3) is 0.333. The number of ether oxygens (including phenoxy) is 1. The van der Waals surface area contributed by atoms with Crippen molar-refractivity contribution in [2.75, 3.05) is 27.7 Å². The first-order valence-electron chi connectivity index (χ1n) is 9.53. The van der Waals surface area contributed by atoms with E-state index in [1.807, 2.05) is 57.5 Å². The summed E-state index contributed by atoms with van der Waals surface area (Å²) in [5.41, 5.74) is 2.09. The van der Waals surface area contributed by atoms with Gasteiger partial charge in [0.2, 0.25) is 0 Å². The average Bonchev–Trinajstić information content (AvgIpc) is 3.07. The molecule has 4 aromatic rings. The number of nitrogens with zero attached hydrogens (tertiary/aromatic N) is 6. The second-order valence-electron chi connectivity index (χ2n) is 7.29. The van der Waals surface area contributed by atoms with E-state index in [0.29, 0.717) is 34.7 Å². The number of hydrogen-bond donors (Lipinski definition) is 0. The van der Waals surface area contributed by atoms with E-state index in [9.17, 15) is 4.79 Å². The lowest BCUT2D eigenvalue weighted by Gasteiger charge is -2.13. The molecule has 0 atom stereocenters. The Balaban J connectivity index is 1.96. The van der Waals surface area contributed by atoms with Crippen LogP contribution in [0.4, 0.5) is 0 Å². The minimum absolute atomic E-state index is 0.0744. The predicted molar refractivity (Wildman–Crippen MR) is 112 cm³/mol. The molecular formula is C21H24N6O2. The normalized spacial score (nSPS) is 11.6. The van der Waals surface area contributed by atoms with Crippen LogP contribution in [0.15, 0.2) is 41.3 Å². The molecule has 8 nitrogen and oxygen atoms in total. The van der Waals surface area contributed by atoms with Gasteiger partial charge in [0, 0.05) is 18.3 Å². The van der Waals surface area contributed by atoms with E-state index in [-0.39, 0.29) is 5.56 Å². The smallest absolute Gasteiger partial charge is 0.262 e. The zero-order valence-corrected chi connectivity index (χ0v) is 17.1. The maximum Gasteiger partial charge on any atom is 0.262 e. The highest BCUT2D eigenvalue weighted by Gasteiger charge is 2.18. The average molecular weight is 392 g/mol. The number of hydrogen-bond acceptors (Lipinski definition) is 6. The first-order valence-corrected chi connectivity index (χ1v) is 9.53. The SMILES string of the molecule is COc1ccc(-c2c3c(=O)n(CCCN(C)C)ccc3nc3nc(C)nn23)cc1. The third-order valence-electron chi connectivity index (χ3n) is 4.88. The fourth-order valence-corrected chi connectivity index (χ4v) is 3.47. The van der Waals surface area contributed by atoms with E-state index >= 15 is 0 Å². The molecule has 0 bridgehead atoms. The van der Waals surface area contributed by atoms with Crippen molar-refractivity contribution < 1.29 is 4.74 Å². The Morgan fingerprint density at radius 2 is 1.86 bits per heavy atom. The Hall–Kier alpha value is -3.26. The van der Waals surface area contributed by atoms with Crippen LogP contribution in [-0.2, 0) is 6.54 Å². The van der Waals surface area contributed by atoms with Crippen molar-refractivity contribution in [2.45, 2.75) is 19.9 Å². The van der Waals surface area contributed by atoms with Crippen molar-refractivity contribution in [1.82, 2.24) is 29.0 Å². The van der Waals surface area contributed by atoms with Crippen molar-refractivity contribution in [3.8, 4) is 17.0 Å². The highest BCUT2D eigenvalue weighted by atomic mass is 16.5. The van der Waals surface area contributed by atoms with Gasteiger partial charge in [-0.3, -0.25) is 4.79 Å². The third kappa shape index (κ3) is 3.58. The lowest BCUT2D eigenvalue weighted by atomic mass is 10.1. The summed E-state index contributed by atoms with van der Waals surface area (Å²) in [5, 5.41) is 5.04. The Bertz CT molecular complexity index is 1220. The fourth-order valence-electron chi connectivity index (χ4n) is 3.47. The van der Waals surface area contributed by atoms with Crippen molar-refractivity contribution >= 4 is 16.7 Å².